The predicted octanol–water partition coefficient (Wildman–Crippen LogP) is 3.89. The highest BCUT2D eigenvalue weighted by atomic mass is 35.5. The summed E-state index contributed by atoms with van der Waals surface area (Å²) in [5.41, 5.74) is 1.80. The van der Waals surface area contributed by atoms with E-state index >= 15 is 0 Å². The van der Waals surface area contributed by atoms with Crippen molar-refractivity contribution in [3.05, 3.63) is 63.9 Å². The van der Waals surface area contributed by atoms with Gasteiger partial charge in [0.2, 0.25) is 0 Å². The monoisotopic (exact) mass is 292 g/mol. The van der Waals surface area contributed by atoms with Gasteiger partial charge in [-0.05, 0) is 36.6 Å². The van der Waals surface area contributed by atoms with Gasteiger partial charge in [0.1, 0.15) is 17.7 Å². The van der Waals surface area contributed by atoms with Crippen molar-refractivity contribution in [1.82, 2.24) is 0 Å². The largest absolute Gasteiger partial charge is 0.493 e. The Balaban J connectivity index is 2.06. The zero-order chi connectivity index (χ0) is 14.1. The molecule has 0 aliphatic carbocycles. The van der Waals surface area contributed by atoms with Gasteiger partial charge in [0.15, 0.2) is 0 Å². The molecule has 0 aromatic heterocycles. The van der Waals surface area contributed by atoms with Crippen molar-refractivity contribution in [2.75, 3.05) is 6.61 Å². The van der Waals surface area contributed by atoms with Crippen LogP contribution in [0.15, 0.2) is 36.4 Å². The van der Waals surface area contributed by atoms with E-state index in [9.17, 15) is 9.50 Å². The van der Waals surface area contributed by atoms with E-state index in [-0.39, 0.29) is 5.56 Å². The van der Waals surface area contributed by atoms with Crippen LogP contribution in [0, 0.1) is 5.82 Å². The van der Waals surface area contributed by atoms with Crippen LogP contribution in [0.2, 0.25) is 5.02 Å². The summed E-state index contributed by atoms with van der Waals surface area (Å²) in [6.07, 6.45) is 0.785. The molecule has 0 bridgehead atoms. The summed E-state index contributed by atoms with van der Waals surface area (Å²) in [5.74, 6) is 0.195. The fraction of sp³-hybridized carbons (Fsp3) is 0.250. The Kier molecular flexibility index (Phi) is 3.64. The number of aliphatic hydroxyl groups is 1. The van der Waals surface area contributed by atoms with Gasteiger partial charge in [0, 0.05) is 16.1 Å². The first-order valence-corrected chi connectivity index (χ1v) is 6.92. The maximum Gasteiger partial charge on any atom is 0.129 e. The summed E-state index contributed by atoms with van der Waals surface area (Å²) < 4.78 is 19.5. The van der Waals surface area contributed by atoms with Crippen LogP contribution in [0.25, 0.3) is 0 Å². The Labute approximate surface area is 121 Å². The number of benzene rings is 2. The third-order valence-corrected chi connectivity index (χ3v) is 3.75. The highest BCUT2D eigenvalue weighted by Crippen LogP contribution is 2.36. The van der Waals surface area contributed by atoms with E-state index in [1.54, 1.807) is 6.07 Å². The Morgan fingerprint density at radius 1 is 1.20 bits per heavy atom. The zero-order valence-corrected chi connectivity index (χ0v) is 11.5. The van der Waals surface area contributed by atoms with Crippen LogP contribution in [-0.2, 0) is 6.42 Å². The number of aryl methyl sites for hydroxylation is 1. The first-order valence-electron chi connectivity index (χ1n) is 6.54. The summed E-state index contributed by atoms with van der Waals surface area (Å²) in [5, 5.41) is 10.9. The minimum absolute atomic E-state index is 0.167. The van der Waals surface area contributed by atoms with Crippen LogP contribution >= 0.6 is 11.6 Å². The molecule has 1 aliphatic heterocycles. The second kappa shape index (κ2) is 5.43. The molecule has 0 amide bonds. The van der Waals surface area contributed by atoms with Crippen LogP contribution in [0.4, 0.5) is 4.39 Å². The minimum Gasteiger partial charge on any atom is -0.493 e. The van der Waals surface area contributed by atoms with Gasteiger partial charge in [0.25, 0.3) is 0 Å². The summed E-state index contributed by atoms with van der Waals surface area (Å²) in [6.45, 7) is 0.620. The Morgan fingerprint density at radius 3 is 2.90 bits per heavy atom. The molecule has 0 radical (unpaired) electrons. The van der Waals surface area contributed by atoms with E-state index < -0.39 is 11.9 Å². The second-order valence-corrected chi connectivity index (χ2v) is 5.29. The van der Waals surface area contributed by atoms with Gasteiger partial charge in [-0.1, -0.05) is 29.8 Å². The molecule has 0 spiro atoms. The minimum atomic E-state index is -1.08. The molecule has 0 saturated carbocycles. The number of aliphatic hydroxyl groups excluding tert-OH is 1. The van der Waals surface area contributed by atoms with E-state index in [1.807, 2.05) is 12.1 Å². The molecule has 1 heterocycles. The van der Waals surface area contributed by atoms with Gasteiger partial charge >= 0.3 is 0 Å². The highest BCUT2D eigenvalue weighted by Gasteiger charge is 2.22. The molecule has 2 nitrogen and oxygen atoms in total. The summed E-state index contributed by atoms with van der Waals surface area (Å²) in [7, 11) is 0. The third kappa shape index (κ3) is 2.39. The van der Waals surface area contributed by atoms with Crippen molar-refractivity contribution in [3.63, 3.8) is 0 Å². The number of hydrogen-bond acceptors (Lipinski definition) is 2. The van der Waals surface area contributed by atoms with E-state index in [2.05, 4.69) is 0 Å². The fourth-order valence-corrected chi connectivity index (χ4v) is 2.70. The van der Waals surface area contributed by atoms with Crippen molar-refractivity contribution in [1.29, 1.82) is 0 Å². The van der Waals surface area contributed by atoms with Gasteiger partial charge in [-0.15, -0.1) is 0 Å². The average molecular weight is 293 g/mol. The normalized spacial score (nSPS) is 15.3. The van der Waals surface area contributed by atoms with Gasteiger partial charge in [-0.25, -0.2) is 4.39 Å². The van der Waals surface area contributed by atoms with E-state index in [4.69, 9.17) is 16.3 Å². The fourth-order valence-electron chi connectivity index (χ4n) is 2.52. The lowest BCUT2D eigenvalue weighted by atomic mass is 9.95. The number of fused-ring (bicyclic) bond motifs is 1. The molecule has 4 heteroatoms. The lowest BCUT2D eigenvalue weighted by Crippen LogP contribution is -2.13. The Bertz CT molecular complexity index is 642. The Morgan fingerprint density at radius 2 is 2.05 bits per heavy atom. The van der Waals surface area contributed by atoms with Crippen molar-refractivity contribution in [2.24, 2.45) is 0 Å². The molecule has 2 aromatic carbocycles. The number of halogens is 2. The molecule has 3 rings (SSSR count). The quantitative estimate of drug-likeness (QED) is 0.910. The van der Waals surface area contributed by atoms with Gasteiger partial charge in [-0.3, -0.25) is 0 Å². The van der Waals surface area contributed by atoms with Crippen LogP contribution in [-0.4, -0.2) is 11.7 Å². The predicted molar refractivity (Wildman–Crippen MR) is 75.7 cm³/mol. The molecule has 1 aliphatic rings. The molecule has 20 heavy (non-hydrogen) atoms. The SMILES string of the molecule is OC(c1cc(Cl)ccc1F)c1cccc2c1OCCC2. The maximum absolute atomic E-state index is 13.9. The topological polar surface area (TPSA) is 29.5 Å². The Hall–Kier alpha value is -1.58. The molecule has 1 atom stereocenters. The molecule has 0 saturated heterocycles. The van der Waals surface area contributed by atoms with Gasteiger partial charge < -0.3 is 9.84 Å². The van der Waals surface area contributed by atoms with E-state index in [0.29, 0.717) is 22.9 Å². The first-order chi connectivity index (χ1) is 9.66. The van der Waals surface area contributed by atoms with Crippen LogP contribution < -0.4 is 4.74 Å². The van der Waals surface area contributed by atoms with Crippen LogP contribution in [0.1, 0.15) is 29.2 Å². The van der Waals surface area contributed by atoms with Crippen LogP contribution in [0.5, 0.6) is 5.75 Å². The van der Waals surface area contributed by atoms with Crippen LogP contribution in [0.3, 0.4) is 0 Å². The van der Waals surface area contributed by atoms with Crippen molar-refractivity contribution in [2.45, 2.75) is 18.9 Å². The first kappa shape index (κ1) is 13.4. The lowest BCUT2D eigenvalue weighted by molar-refractivity contribution is 0.202. The third-order valence-electron chi connectivity index (χ3n) is 3.51. The molecule has 0 fully saturated rings. The highest BCUT2D eigenvalue weighted by molar-refractivity contribution is 6.30. The smallest absolute Gasteiger partial charge is 0.129 e. The van der Waals surface area contributed by atoms with Crippen molar-refractivity contribution < 1.29 is 14.2 Å². The lowest BCUT2D eigenvalue weighted by Gasteiger charge is -2.23. The second-order valence-electron chi connectivity index (χ2n) is 4.86. The molecular weight excluding hydrogens is 279 g/mol. The average Bonchev–Trinajstić information content (AvgIpc) is 2.48. The van der Waals surface area contributed by atoms with Crippen molar-refractivity contribution >= 4 is 11.6 Å². The van der Waals surface area contributed by atoms with Gasteiger partial charge in [-0.2, -0.15) is 0 Å². The van der Waals surface area contributed by atoms with E-state index in [0.717, 1.165) is 18.4 Å². The summed E-state index contributed by atoms with van der Waals surface area (Å²) >= 11 is 5.88. The summed E-state index contributed by atoms with van der Waals surface area (Å²) in [6, 6.07) is 9.76. The maximum atomic E-state index is 13.9. The number of hydrogen-bond donors (Lipinski definition) is 1. The number of ether oxygens (including phenoxy) is 1. The van der Waals surface area contributed by atoms with E-state index in [1.165, 1.54) is 18.2 Å². The molecule has 104 valence electrons. The van der Waals surface area contributed by atoms with Crippen molar-refractivity contribution in [3.8, 4) is 5.75 Å². The molecule has 2 aromatic rings. The number of para-hydroxylation sites is 1. The summed E-state index contributed by atoms with van der Waals surface area (Å²) in [4.78, 5) is 0. The van der Waals surface area contributed by atoms with Gasteiger partial charge in [0.05, 0.1) is 6.61 Å². The zero-order valence-electron chi connectivity index (χ0n) is 10.8. The molecule has 1 N–H and O–H groups in total. The number of rotatable bonds is 2. The molecule has 1 unspecified atom stereocenters. The standard InChI is InChI=1S/C16H14ClFO2/c17-11-6-7-14(18)13(9-11)15(19)12-5-1-3-10-4-2-8-20-16(10)12/h1,3,5-7,9,15,19H,2,4,8H2. The molecular formula is C16H14ClFO2.